The van der Waals surface area contributed by atoms with Crippen molar-refractivity contribution in [3.63, 3.8) is 0 Å². The van der Waals surface area contributed by atoms with E-state index < -0.39 is 17.7 Å². The number of nitrogens with two attached hydrogens (primary N) is 2. The summed E-state index contributed by atoms with van der Waals surface area (Å²) in [6, 6.07) is 7.31. The zero-order valence-electron chi connectivity index (χ0n) is 8.57. The third-order valence-corrected chi connectivity index (χ3v) is 2.23. The summed E-state index contributed by atoms with van der Waals surface area (Å²) in [6.07, 6.45) is -0.0433. The van der Waals surface area contributed by atoms with Crippen molar-refractivity contribution in [2.45, 2.75) is 19.3 Å². The molecule has 0 heterocycles. The van der Waals surface area contributed by atoms with Crippen LogP contribution in [0.3, 0.4) is 0 Å². The molecular formula is C11H14N2O2. The molecule has 4 N–H and O–H groups in total. The summed E-state index contributed by atoms with van der Waals surface area (Å²) in [5.74, 6) is -1.68. The van der Waals surface area contributed by atoms with Gasteiger partial charge in [0.05, 0.1) is 5.92 Å². The van der Waals surface area contributed by atoms with Crippen LogP contribution in [0, 0.1) is 6.92 Å². The molecule has 0 radical (unpaired) electrons. The number of amides is 2. The maximum absolute atomic E-state index is 11.1. The second kappa shape index (κ2) is 4.59. The average molecular weight is 206 g/mol. The standard InChI is InChI=1S/C11H14N2O2/c1-7-2-4-8(5-3-7)9(11(13)15)6-10(12)14/h2-5,9H,6H2,1H3,(H2,12,14)(H2,13,15). The van der Waals surface area contributed by atoms with Crippen LogP contribution in [0.5, 0.6) is 0 Å². The lowest BCUT2D eigenvalue weighted by molar-refractivity contribution is -0.124. The minimum atomic E-state index is -0.622. The van der Waals surface area contributed by atoms with E-state index in [2.05, 4.69) is 0 Å². The van der Waals surface area contributed by atoms with E-state index in [1.54, 1.807) is 12.1 Å². The molecule has 1 atom stereocenters. The van der Waals surface area contributed by atoms with E-state index in [0.717, 1.165) is 11.1 Å². The first-order valence-electron chi connectivity index (χ1n) is 4.65. The molecule has 80 valence electrons. The summed E-state index contributed by atoms with van der Waals surface area (Å²) in [6.45, 7) is 1.94. The number of hydrogen-bond acceptors (Lipinski definition) is 2. The number of carbonyl (C=O) groups excluding carboxylic acids is 2. The molecule has 0 saturated carbocycles. The van der Waals surface area contributed by atoms with Crippen LogP contribution >= 0.6 is 0 Å². The van der Waals surface area contributed by atoms with Gasteiger partial charge in [-0.05, 0) is 12.5 Å². The minimum absolute atomic E-state index is 0.0433. The van der Waals surface area contributed by atoms with Crippen molar-refractivity contribution in [2.24, 2.45) is 11.5 Å². The Morgan fingerprint density at radius 1 is 1.20 bits per heavy atom. The van der Waals surface area contributed by atoms with Crippen molar-refractivity contribution in [1.29, 1.82) is 0 Å². The van der Waals surface area contributed by atoms with Crippen molar-refractivity contribution in [3.05, 3.63) is 35.4 Å². The van der Waals surface area contributed by atoms with Crippen LogP contribution in [0.1, 0.15) is 23.5 Å². The lowest BCUT2D eigenvalue weighted by atomic mass is 9.94. The zero-order valence-corrected chi connectivity index (χ0v) is 8.57. The molecule has 1 unspecified atom stereocenters. The highest BCUT2D eigenvalue weighted by molar-refractivity contribution is 5.88. The van der Waals surface area contributed by atoms with E-state index in [-0.39, 0.29) is 6.42 Å². The van der Waals surface area contributed by atoms with Gasteiger partial charge in [-0.25, -0.2) is 0 Å². The van der Waals surface area contributed by atoms with Crippen molar-refractivity contribution >= 4 is 11.8 Å². The topological polar surface area (TPSA) is 86.2 Å². The van der Waals surface area contributed by atoms with Gasteiger partial charge in [0.2, 0.25) is 11.8 Å². The molecule has 0 saturated heterocycles. The Kier molecular flexibility index (Phi) is 3.44. The van der Waals surface area contributed by atoms with E-state index in [9.17, 15) is 9.59 Å². The summed E-state index contributed by atoms with van der Waals surface area (Å²) in [5, 5.41) is 0. The molecule has 0 aliphatic rings. The second-order valence-corrected chi connectivity index (χ2v) is 3.54. The van der Waals surface area contributed by atoms with E-state index in [4.69, 9.17) is 11.5 Å². The Labute approximate surface area is 88.3 Å². The minimum Gasteiger partial charge on any atom is -0.370 e. The second-order valence-electron chi connectivity index (χ2n) is 3.54. The lowest BCUT2D eigenvalue weighted by Gasteiger charge is -2.11. The van der Waals surface area contributed by atoms with Crippen LogP contribution < -0.4 is 11.5 Å². The maximum Gasteiger partial charge on any atom is 0.225 e. The quantitative estimate of drug-likeness (QED) is 0.748. The van der Waals surface area contributed by atoms with Gasteiger partial charge in [-0.1, -0.05) is 29.8 Å². The highest BCUT2D eigenvalue weighted by Crippen LogP contribution is 2.19. The Morgan fingerprint density at radius 3 is 2.13 bits per heavy atom. The summed E-state index contributed by atoms with van der Waals surface area (Å²) in [5.41, 5.74) is 12.1. The smallest absolute Gasteiger partial charge is 0.225 e. The first-order valence-corrected chi connectivity index (χ1v) is 4.65. The third-order valence-electron chi connectivity index (χ3n) is 2.23. The summed E-state index contributed by atoms with van der Waals surface area (Å²) < 4.78 is 0. The molecule has 0 aliphatic carbocycles. The number of rotatable bonds is 4. The molecule has 0 spiro atoms. The van der Waals surface area contributed by atoms with Gasteiger partial charge in [-0.2, -0.15) is 0 Å². The predicted octanol–water partition coefficient (Wildman–Crippen LogP) is 0.439. The van der Waals surface area contributed by atoms with Crippen LogP contribution in [-0.4, -0.2) is 11.8 Å². The van der Waals surface area contributed by atoms with Gasteiger partial charge >= 0.3 is 0 Å². The monoisotopic (exact) mass is 206 g/mol. The fraction of sp³-hybridized carbons (Fsp3) is 0.273. The van der Waals surface area contributed by atoms with Gasteiger partial charge in [0, 0.05) is 6.42 Å². The highest BCUT2D eigenvalue weighted by Gasteiger charge is 2.19. The van der Waals surface area contributed by atoms with Crippen LogP contribution in [0.25, 0.3) is 0 Å². The molecule has 4 nitrogen and oxygen atoms in total. The van der Waals surface area contributed by atoms with E-state index in [0.29, 0.717) is 0 Å². The largest absolute Gasteiger partial charge is 0.370 e. The summed E-state index contributed by atoms with van der Waals surface area (Å²) >= 11 is 0. The molecule has 0 aliphatic heterocycles. The van der Waals surface area contributed by atoms with Crippen molar-refractivity contribution < 1.29 is 9.59 Å². The Hall–Kier alpha value is -1.84. The van der Waals surface area contributed by atoms with E-state index in [1.807, 2.05) is 19.1 Å². The molecule has 1 aromatic carbocycles. The van der Waals surface area contributed by atoms with E-state index >= 15 is 0 Å². The molecule has 0 fully saturated rings. The molecule has 0 bridgehead atoms. The lowest BCUT2D eigenvalue weighted by Crippen LogP contribution is -2.26. The van der Waals surface area contributed by atoms with Crippen LogP contribution in [0.2, 0.25) is 0 Å². The molecule has 15 heavy (non-hydrogen) atoms. The van der Waals surface area contributed by atoms with Gasteiger partial charge in [0.1, 0.15) is 0 Å². The fourth-order valence-electron chi connectivity index (χ4n) is 1.38. The fourth-order valence-corrected chi connectivity index (χ4v) is 1.38. The number of hydrogen-bond donors (Lipinski definition) is 2. The Morgan fingerprint density at radius 2 is 1.73 bits per heavy atom. The Balaban J connectivity index is 2.94. The molecule has 0 aromatic heterocycles. The van der Waals surface area contributed by atoms with Gasteiger partial charge in [-0.3, -0.25) is 9.59 Å². The normalized spacial score (nSPS) is 12.1. The van der Waals surface area contributed by atoms with Crippen molar-refractivity contribution in [1.82, 2.24) is 0 Å². The summed E-state index contributed by atoms with van der Waals surface area (Å²) in [7, 11) is 0. The van der Waals surface area contributed by atoms with Gasteiger partial charge in [-0.15, -0.1) is 0 Å². The molecule has 4 heteroatoms. The maximum atomic E-state index is 11.1. The number of benzene rings is 1. The van der Waals surface area contributed by atoms with Crippen LogP contribution in [0.4, 0.5) is 0 Å². The average Bonchev–Trinajstić information content (AvgIpc) is 2.15. The van der Waals surface area contributed by atoms with Crippen LogP contribution in [-0.2, 0) is 9.59 Å². The first kappa shape index (κ1) is 11.2. The van der Waals surface area contributed by atoms with Gasteiger partial charge < -0.3 is 11.5 Å². The summed E-state index contributed by atoms with van der Waals surface area (Å²) in [4.78, 5) is 21.9. The number of primary amides is 2. The van der Waals surface area contributed by atoms with Crippen molar-refractivity contribution in [2.75, 3.05) is 0 Å². The van der Waals surface area contributed by atoms with Crippen LogP contribution in [0.15, 0.2) is 24.3 Å². The first-order chi connectivity index (χ1) is 7.00. The SMILES string of the molecule is Cc1ccc(C(CC(N)=O)C(N)=O)cc1. The molecule has 1 aromatic rings. The highest BCUT2D eigenvalue weighted by atomic mass is 16.2. The molecular weight excluding hydrogens is 192 g/mol. The molecule has 1 rings (SSSR count). The number of aryl methyl sites for hydroxylation is 1. The zero-order chi connectivity index (χ0) is 11.4. The van der Waals surface area contributed by atoms with E-state index in [1.165, 1.54) is 0 Å². The Bertz CT molecular complexity index is 371. The van der Waals surface area contributed by atoms with Crippen molar-refractivity contribution in [3.8, 4) is 0 Å². The third kappa shape index (κ3) is 3.09. The van der Waals surface area contributed by atoms with Gasteiger partial charge in [0.25, 0.3) is 0 Å². The van der Waals surface area contributed by atoms with Gasteiger partial charge in [0.15, 0.2) is 0 Å². The predicted molar refractivity (Wildman–Crippen MR) is 56.9 cm³/mol. The molecule has 2 amide bonds. The number of carbonyl (C=O) groups is 2.